The second kappa shape index (κ2) is 14.2. The van der Waals surface area contributed by atoms with Crippen molar-refractivity contribution in [3.63, 3.8) is 0 Å². The second-order valence-electron chi connectivity index (χ2n) is 3.77. The number of hydrogen-bond donors (Lipinski definition) is 0. The Balaban J connectivity index is 2.01. The standard InChI is InChI=1S/C12H24S5/c1-3-13-7-8-14-4-2-6-16-10-12-17-11-9-15-5-1/h1-12H2. The van der Waals surface area contributed by atoms with Gasteiger partial charge in [0.05, 0.1) is 0 Å². The maximum Gasteiger partial charge on any atom is 0.00238 e. The molecule has 102 valence electrons. The maximum atomic E-state index is 2.15. The van der Waals surface area contributed by atoms with Gasteiger partial charge in [0.15, 0.2) is 0 Å². The van der Waals surface area contributed by atoms with Gasteiger partial charge in [-0.25, -0.2) is 0 Å². The molecule has 0 spiro atoms. The Hall–Kier alpha value is 1.75. The SMILES string of the molecule is C1CSCCSCCCSCCSCCSC1. The van der Waals surface area contributed by atoms with Crippen LogP contribution in [0.2, 0.25) is 0 Å². The van der Waals surface area contributed by atoms with Crippen molar-refractivity contribution in [1.82, 2.24) is 0 Å². The summed E-state index contributed by atoms with van der Waals surface area (Å²) in [5.74, 6) is 13.6. The zero-order valence-corrected chi connectivity index (χ0v) is 14.6. The summed E-state index contributed by atoms with van der Waals surface area (Å²) in [5, 5.41) is 0. The first-order valence-corrected chi connectivity index (χ1v) is 12.2. The van der Waals surface area contributed by atoms with E-state index in [1.165, 1.54) is 70.4 Å². The van der Waals surface area contributed by atoms with Crippen molar-refractivity contribution in [3.8, 4) is 0 Å². The van der Waals surface area contributed by atoms with Crippen molar-refractivity contribution >= 4 is 58.8 Å². The van der Waals surface area contributed by atoms with Crippen LogP contribution in [0.15, 0.2) is 0 Å². The van der Waals surface area contributed by atoms with Gasteiger partial charge in [-0.05, 0) is 35.9 Å². The van der Waals surface area contributed by atoms with Crippen molar-refractivity contribution in [2.45, 2.75) is 12.8 Å². The van der Waals surface area contributed by atoms with Crippen LogP contribution in [0.5, 0.6) is 0 Å². The highest BCUT2D eigenvalue weighted by Crippen LogP contribution is 2.15. The molecule has 0 amide bonds. The lowest BCUT2D eigenvalue weighted by Gasteiger charge is -2.02. The van der Waals surface area contributed by atoms with E-state index in [0.717, 1.165) is 0 Å². The Bertz CT molecular complexity index is 84.3. The highest BCUT2D eigenvalue weighted by Gasteiger charge is 1.96. The fourth-order valence-electron chi connectivity index (χ4n) is 1.39. The molecule has 0 aliphatic carbocycles. The Morgan fingerprint density at radius 3 is 0.824 bits per heavy atom. The van der Waals surface area contributed by atoms with Gasteiger partial charge in [0.1, 0.15) is 0 Å². The summed E-state index contributed by atoms with van der Waals surface area (Å²) in [7, 11) is 0. The summed E-state index contributed by atoms with van der Waals surface area (Å²) >= 11 is 10.7. The topological polar surface area (TPSA) is 0 Å². The molecule has 1 heterocycles. The summed E-state index contributed by atoms with van der Waals surface area (Å²) in [6.45, 7) is 0. The highest BCUT2D eigenvalue weighted by molar-refractivity contribution is 8.04. The minimum atomic E-state index is 1.36. The van der Waals surface area contributed by atoms with E-state index < -0.39 is 0 Å². The van der Waals surface area contributed by atoms with Crippen LogP contribution in [0.3, 0.4) is 0 Å². The van der Waals surface area contributed by atoms with E-state index in [9.17, 15) is 0 Å². The fraction of sp³-hybridized carbons (Fsp3) is 1.00. The molecule has 0 bridgehead atoms. The molecule has 1 aliphatic heterocycles. The smallest absolute Gasteiger partial charge is 0.00238 e. The number of thioether (sulfide) groups is 5. The van der Waals surface area contributed by atoms with E-state index >= 15 is 0 Å². The van der Waals surface area contributed by atoms with E-state index in [1.54, 1.807) is 0 Å². The first kappa shape index (κ1) is 16.8. The van der Waals surface area contributed by atoms with Gasteiger partial charge in [-0.3, -0.25) is 0 Å². The predicted molar refractivity (Wildman–Crippen MR) is 95.9 cm³/mol. The summed E-state index contributed by atoms with van der Waals surface area (Å²) in [4.78, 5) is 0. The maximum absolute atomic E-state index is 2.15. The molecule has 5 heteroatoms. The summed E-state index contributed by atoms with van der Waals surface area (Å²) in [6, 6.07) is 0. The van der Waals surface area contributed by atoms with Gasteiger partial charge in [0, 0.05) is 34.5 Å². The predicted octanol–water partition coefficient (Wildman–Crippen LogP) is 4.45. The van der Waals surface area contributed by atoms with Gasteiger partial charge in [-0.15, -0.1) is 0 Å². The van der Waals surface area contributed by atoms with Crippen LogP contribution < -0.4 is 0 Å². The monoisotopic (exact) mass is 328 g/mol. The van der Waals surface area contributed by atoms with Crippen LogP contribution in [0.25, 0.3) is 0 Å². The van der Waals surface area contributed by atoms with E-state index in [4.69, 9.17) is 0 Å². The van der Waals surface area contributed by atoms with Crippen LogP contribution in [-0.4, -0.2) is 57.5 Å². The van der Waals surface area contributed by atoms with Crippen LogP contribution >= 0.6 is 58.8 Å². The van der Waals surface area contributed by atoms with Gasteiger partial charge in [-0.1, -0.05) is 0 Å². The molecule has 0 aromatic heterocycles. The average molecular weight is 329 g/mol. The Labute approximate surface area is 128 Å². The second-order valence-corrected chi connectivity index (χ2v) is 9.89. The molecule has 0 unspecified atom stereocenters. The Morgan fingerprint density at radius 2 is 0.529 bits per heavy atom. The van der Waals surface area contributed by atoms with E-state index in [0.29, 0.717) is 0 Å². The van der Waals surface area contributed by atoms with Gasteiger partial charge >= 0.3 is 0 Å². The molecule has 0 nitrogen and oxygen atoms in total. The van der Waals surface area contributed by atoms with E-state index in [1.807, 2.05) is 0 Å². The summed E-state index contributed by atoms with van der Waals surface area (Å²) < 4.78 is 0. The Morgan fingerprint density at radius 1 is 0.294 bits per heavy atom. The minimum absolute atomic E-state index is 1.36. The third kappa shape index (κ3) is 12.5. The number of hydrogen-bond acceptors (Lipinski definition) is 5. The van der Waals surface area contributed by atoms with Crippen molar-refractivity contribution in [1.29, 1.82) is 0 Å². The summed E-state index contributed by atoms with van der Waals surface area (Å²) in [6.07, 6.45) is 2.81. The van der Waals surface area contributed by atoms with Crippen LogP contribution in [-0.2, 0) is 0 Å². The number of rotatable bonds is 0. The van der Waals surface area contributed by atoms with Crippen LogP contribution in [0, 0.1) is 0 Å². The molecule has 1 fully saturated rings. The molecule has 0 N–H and O–H groups in total. The quantitative estimate of drug-likeness (QED) is 0.642. The van der Waals surface area contributed by atoms with Crippen molar-refractivity contribution < 1.29 is 0 Å². The van der Waals surface area contributed by atoms with Crippen LogP contribution in [0.4, 0.5) is 0 Å². The molecule has 1 aliphatic rings. The molecule has 1 saturated heterocycles. The first-order chi connectivity index (χ1) is 8.50. The molecule has 1 rings (SSSR count). The molecule has 0 saturated carbocycles. The molecule has 0 atom stereocenters. The van der Waals surface area contributed by atoms with E-state index in [2.05, 4.69) is 58.8 Å². The molecule has 0 aromatic rings. The fourth-order valence-corrected chi connectivity index (χ4v) is 7.00. The largest absolute Gasteiger partial charge is 0.161 e. The third-order valence-electron chi connectivity index (χ3n) is 2.27. The normalized spacial score (nSPS) is 24.0. The molecule has 17 heavy (non-hydrogen) atoms. The summed E-state index contributed by atoms with van der Waals surface area (Å²) in [5.41, 5.74) is 0. The lowest BCUT2D eigenvalue weighted by molar-refractivity contribution is 1.12. The molecule has 0 radical (unpaired) electrons. The first-order valence-electron chi connectivity index (χ1n) is 6.39. The highest BCUT2D eigenvalue weighted by atomic mass is 32.2. The van der Waals surface area contributed by atoms with Crippen LogP contribution in [0.1, 0.15) is 12.8 Å². The lowest BCUT2D eigenvalue weighted by atomic mass is 10.6. The van der Waals surface area contributed by atoms with Gasteiger partial charge in [0.2, 0.25) is 0 Å². The van der Waals surface area contributed by atoms with Gasteiger partial charge in [-0.2, -0.15) is 58.8 Å². The molecule has 0 aromatic carbocycles. The average Bonchev–Trinajstić information content (AvgIpc) is 2.35. The third-order valence-corrected chi connectivity index (χ3v) is 8.31. The van der Waals surface area contributed by atoms with Crippen molar-refractivity contribution in [2.24, 2.45) is 0 Å². The lowest BCUT2D eigenvalue weighted by Crippen LogP contribution is -1.92. The molecular weight excluding hydrogens is 304 g/mol. The van der Waals surface area contributed by atoms with E-state index in [-0.39, 0.29) is 0 Å². The van der Waals surface area contributed by atoms with Gasteiger partial charge < -0.3 is 0 Å². The zero-order valence-electron chi connectivity index (χ0n) is 10.5. The minimum Gasteiger partial charge on any atom is -0.161 e. The van der Waals surface area contributed by atoms with Crippen molar-refractivity contribution in [2.75, 3.05) is 57.5 Å². The van der Waals surface area contributed by atoms with Gasteiger partial charge in [0.25, 0.3) is 0 Å². The van der Waals surface area contributed by atoms with Crippen molar-refractivity contribution in [3.05, 3.63) is 0 Å². The molecular formula is C12H24S5. The Kier molecular flexibility index (Phi) is 14.0. The zero-order chi connectivity index (χ0) is 12.0.